The number of rotatable bonds is 7. The summed E-state index contributed by atoms with van der Waals surface area (Å²) in [7, 11) is 0. The summed E-state index contributed by atoms with van der Waals surface area (Å²) in [5.74, 6) is 0.785. The molecule has 1 unspecified atom stereocenters. The summed E-state index contributed by atoms with van der Waals surface area (Å²) in [6.07, 6.45) is 0.998. The van der Waals surface area contributed by atoms with E-state index >= 15 is 0 Å². The second kappa shape index (κ2) is 7.12. The minimum absolute atomic E-state index is 0.0550. The molecule has 7 heteroatoms. The molecule has 1 heterocycles. The predicted molar refractivity (Wildman–Crippen MR) is 73.1 cm³/mol. The number of ether oxygens (including phenoxy) is 1. The molecule has 0 bridgehead atoms. The van der Waals surface area contributed by atoms with Crippen molar-refractivity contribution in [3.8, 4) is 17.2 Å². The van der Waals surface area contributed by atoms with Crippen molar-refractivity contribution in [3.63, 3.8) is 0 Å². The molecule has 0 aliphatic rings. The first-order valence-corrected chi connectivity index (χ1v) is 6.72. The Kier molecular flexibility index (Phi) is 5.21. The van der Waals surface area contributed by atoms with Gasteiger partial charge in [-0.3, -0.25) is 0 Å². The normalized spacial score (nSPS) is 12.6. The fraction of sp³-hybridized carbons (Fsp3) is 0.429. The Morgan fingerprint density at radius 1 is 1.33 bits per heavy atom. The molecule has 21 heavy (non-hydrogen) atoms. The SMILES string of the molecule is CCCNC(C)c1nnc(-c2cccc(OC(F)F)c2)o1. The van der Waals surface area contributed by atoms with E-state index in [4.69, 9.17) is 4.42 Å². The number of halogens is 2. The van der Waals surface area contributed by atoms with Gasteiger partial charge in [0.05, 0.1) is 6.04 Å². The molecule has 0 aliphatic carbocycles. The van der Waals surface area contributed by atoms with Crippen LogP contribution in [0.2, 0.25) is 0 Å². The smallest absolute Gasteiger partial charge is 0.387 e. The summed E-state index contributed by atoms with van der Waals surface area (Å²) in [6, 6.07) is 6.10. The van der Waals surface area contributed by atoms with Crippen molar-refractivity contribution in [1.29, 1.82) is 0 Å². The lowest BCUT2D eigenvalue weighted by atomic mass is 10.2. The molecule has 1 aromatic heterocycles. The highest BCUT2D eigenvalue weighted by molar-refractivity contribution is 5.55. The molecule has 0 aliphatic heterocycles. The van der Waals surface area contributed by atoms with E-state index in [1.54, 1.807) is 12.1 Å². The molecule has 0 saturated carbocycles. The standard InChI is InChI=1S/C14H17F2N3O2/c1-3-7-17-9(2)12-18-19-13(21-12)10-5-4-6-11(8-10)20-14(15)16/h4-6,8-9,14,17H,3,7H2,1-2H3. The van der Waals surface area contributed by atoms with Crippen LogP contribution in [0.25, 0.3) is 11.5 Å². The summed E-state index contributed by atoms with van der Waals surface area (Å²) in [4.78, 5) is 0. The fourth-order valence-corrected chi connectivity index (χ4v) is 1.78. The zero-order valence-corrected chi connectivity index (χ0v) is 11.8. The van der Waals surface area contributed by atoms with Crippen molar-refractivity contribution in [3.05, 3.63) is 30.2 Å². The lowest BCUT2D eigenvalue weighted by Crippen LogP contribution is -2.19. The highest BCUT2D eigenvalue weighted by Crippen LogP contribution is 2.25. The van der Waals surface area contributed by atoms with Crippen LogP contribution >= 0.6 is 0 Å². The number of hydrogen-bond donors (Lipinski definition) is 1. The zero-order valence-electron chi connectivity index (χ0n) is 11.8. The third-order valence-corrected chi connectivity index (χ3v) is 2.82. The molecule has 1 aromatic carbocycles. The molecule has 114 valence electrons. The lowest BCUT2D eigenvalue weighted by Gasteiger charge is -2.07. The minimum Gasteiger partial charge on any atom is -0.435 e. The number of hydrogen-bond acceptors (Lipinski definition) is 5. The maximum atomic E-state index is 12.2. The number of nitrogens with one attached hydrogen (secondary N) is 1. The Labute approximate surface area is 121 Å². The van der Waals surface area contributed by atoms with Gasteiger partial charge >= 0.3 is 6.61 Å². The van der Waals surface area contributed by atoms with Crippen molar-refractivity contribution in [2.45, 2.75) is 32.9 Å². The van der Waals surface area contributed by atoms with Gasteiger partial charge < -0.3 is 14.5 Å². The van der Waals surface area contributed by atoms with Crippen molar-refractivity contribution in [2.75, 3.05) is 6.54 Å². The van der Waals surface area contributed by atoms with Gasteiger partial charge in [-0.25, -0.2) is 0 Å². The van der Waals surface area contributed by atoms with Crippen molar-refractivity contribution in [1.82, 2.24) is 15.5 Å². The van der Waals surface area contributed by atoms with Gasteiger partial charge in [0.15, 0.2) is 0 Å². The zero-order chi connectivity index (χ0) is 15.2. The number of benzene rings is 1. The van der Waals surface area contributed by atoms with Crippen LogP contribution in [-0.2, 0) is 0 Å². The van der Waals surface area contributed by atoms with E-state index in [2.05, 4.69) is 27.2 Å². The Balaban J connectivity index is 2.13. The molecule has 0 amide bonds. The minimum atomic E-state index is -2.86. The molecular formula is C14H17F2N3O2. The fourth-order valence-electron chi connectivity index (χ4n) is 1.78. The van der Waals surface area contributed by atoms with Gasteiger partial charge in [-0.1, -0.05) is 13.0 Å². The number of aromatic nitrogens is 2. The highest BCUT2D eigenvalue weighted by Gasteiger charge is 2.15. The number of nitrogens with zero attached hydrogens (tertiary/aromatic N) is 2. The van der Waals surface area contributed by atoms with Crippen molar-refractivity contribution >= 4 is 0 Å². The molecule has 1 atom stereocenters. The van der Waals surface area contributed by atoms with E-state index in [1.165, 1.54) is 12.1 Å². The molecule has 5 nitrogen and oxygen atoms in total. The van der Waals surface area contributed by atoms with Crippen molar-refractivity contribution in [2.24, 2.45) is 0 Å². The quantitative estimate of drug-likeness (QED) is 0.848. The van der Waals surface area contributed by atoms with Gasteiger partial charge in [-0.2, -0.15) is 8.78 Å². The average Bonchev–Trinajstić information content (AvgIpc) is 2.94. The van der Waals surface area contributed by atoms with Crippen LogP contribution in [-0.4, -0.2) is 23.4 Å². The number of alkyl halides is 2. The van der Waals surface area contributed by atoms with Crippen molar-refractivity contribution < 1.29 is 17.9 Å². The Bertz CT molecular complexity index is 575. The molecule has 0 radical (unpaired) electrons. The third-order valence-electron chi connectivity index (χ3n) is 2.82. The summed E-state index contributed by atoms with van der Waals surface area (Å²) in [5, 5.41) is 11.1. The van der Waals surface area contributed by atoms with Gasteiger partial charge in [0.1, 0.15) is 5.75 Å². The van der Waals surface area contributed by atoms with Crippen LogP contribution in [0.15, 0.2) is 28.7 Å². The van der Waals surface area contributed by atoms with Crippen LogP contribution in [0.5, 0.6) is 5.75 Å². The Morgan fingerprint density at radius 3 is 2.86 bits per heavy atom. The first kappa shape index (κ1) is 15.4. The second-order valence-corrected chi connectivity index (χ2v) is 4.53. The topological polar surface area (TPSA) is 60.2 Å². The third kappa shape index (κ3) is 4.22. The first-order valence-electron chi connectivity index (χ1n) is 6.72. The van der Waals surface area contributed by atoms with Gasteiger partial charge in [0, 0.05) is 5.56 Å². The molecule has 2 rings (SSSR count). The predicted octanol–water partition coefficient (Wildman–Crippen LogP) is 3.40. The van der Waals surface area contributed by atoms with E-state index in [0.717, 1.165) is 13.0 Å². The molecular weight excluding hydrogens is 280 g/mol. The maximum absolute atomic E-state index is 12.2. The van der Waals surface area contributed by atoms with Crippen LogP contribution < -0.4 is 10.1 Å². The lowest BCUT2D eigenvalue weighted by molar-refractivity contribution is -0.0498. The largest absolute Gasteiger partial charge is 0.435 e. The Hall–Kier alpha value is -2.02. The van der Waals surface area contributed by atoms with Gasteiger partial charge in [0.2, 0.25) is 11.8 Å². The molecule has 0 saturated heterocycles. The van der Waals surface area contributed by atoms with E-state index in [9.17, 15) is 8.78 Å². The summed E-state index contributed by atoms with van der Waals surface area (Å²) >= 11 is 0. The summed E-state index contributed by atoms with van der Waals surface area (Å²) < 4.78 is 34.3. The van der Waals surface area contributed by atoms with Crippen LogP contribution in [0.3, 0.4) is 0 Å². The Morgan fingerprint density at radius 2 is 2.14 bits per heavy atom. The van der Waals surface area contributed by atoms with Crippen LogP contribution in [0, 0.1) is 0 Å². The van der Waals surface area contributed by atoms with Gasteiger partial charge in [-0.05, 0) is 38.1 Å². The van der Waals surface area contributed by atoms with E-state index < -0.39 is 6.61 Å². The highest BCUT2D eigenvalue weighted by atomic mass is 19.3. The van der Waals surface area contributed by atoms with Crippen LogP contribution in [0.1, 0.15) is 32.2 Å². The maximum Gasteiger partial charge on any atom is 0.387 e. The molecule has 0 fully saturated rings. The van der Waals surface area contributed by atoms with E-state index in [0.29, 0.717) is 11.5 Å². The monoisotopic (exact) mass is 297 g/mol. The van der Waals surface area contributed by atoms with E-state index in [-0.39, 0.29) is 17.7 Å². The average molecular weight is 297 g/mol. The van der Waals surface area contributed by atoms with E-state index in [1.807, 2.05) is 6.92 Å². The molecule has 0 spiro atoms. The first-order chi connectivity index (χ1) is 10.1. The molecule has 1 N–H and O–H groups in total. The van der Waals surface area contributed by atoms with Gasteiger partial charge in [0.25, 0.3) is 0 Å². The second-order valence-electron chi connectivity index (χ2n) is 4.53. The summed E-state index contributed by atoms with van der Waals surface area (Å²) in [5.41, 5.74) is 0.537. The van der Waals surface area contributed by atoms with Crippen LogP contribution in [0.4, 0.5) is 8.78 Å². The van der Waals surface area contributed by atoms with Gasteiger partial charge in [-0.15, -0.1) is 10.2 Å². The molecule has 2 aromatic rings. The summed E-state index contributed by atoms with van der Waals surface area (Å²) in [6.45, 7) is 1.96.